The molecule has 0 aliphatic rings. The van der Waals surface area contributed by atoms with Crippen LogP contribution in [-0.4, -0.2) is 13.2 Å². The Morgan fingerprint density at radius 1 is 1.14 bits per heavy atom. The molecule has 0 fully saturated rings. The third kappa shape index (κ3) is 5.37. The van der Waals surface area contributed by atoms with E-state index in [-0.39, 0.29) is 0 Å². The van der Waals surface area contributed by atoms with Gasteiger partial charge < -0.3 is 10.1 Å². The monoisotopic (exact) mass is 345 g/mol. The lowest BCUT2D eigenvalue weighted by Crippen LogP contribution is -2.11. The first kappa shape index (κ1) is 15.8. The minimum absolute atomic E-state index is 0.556. The standard InChI is InChI=1S/C18H20BrNO/c1-2-20-14-16-10-11-18(17(19)13-16)21-12-6-9-15-7-4-3-5-8-15/h3-11,13,20H,2,12,14H2,1H3. The lowest BCUT2D eigenvalue weighted by atomic mass is 10.2. The number of rotatable bonds is 7. The van der Waals surface area contributed by atoms with Crippen LogP contribution in [0.1, 0.15) is 18.1 Å². The summed E-state index contributed by atoms with van der Waals surface area (Å²) < 4.78 is 6.76. The fraction of sp³-hybridized carbons (Fsp3) is 0.222. The highest BCUT2D eigenvalue weighted by molar-refractivity contribution is 9.10. The SMILES string of the molecule is CCNCc1ccc(OCC=Cc2ccccc2)c(Br)c1. The lowest BCUT2D eigenvalue weighted by molar-refractivity contribution is 0.361. The molecule has 21 heavy (non-hydrogen) atoms. The second kappa shape index (κ2) is 8.65. The second-order valence-corrected chi connectivity index (χ2v) is 5.52. The average Bonchev–Trinajstić information content (AvgIpc) is 2.52. The van der Waals surface area contributed by atoms with Gasteiger partial charge in [0, 0.05) is 6.54 Å². The predicted octanol–water partition coefficient (Wildman–Crippen LogP) is 4.65. The van der Waals surface area contributed by atoms with E-state index >= 15 is 0 Å². The molecule has 110 valence electrons. The Bertz CT molecular complexity index is 581. The van der Waals surface area contributed by atoms with Gasteiger partial charge in [-0.05, 0) is 51.8 Å². The largest absolute Gasteiger partial charge is 0.488 e. The van der Waals surface area contributed by atoms with Crippen LogP contribution in [-0.2, 0) is 6.54 Å². The van der Waals surface area contributed by atoms with Gasteiger partial charge in [0.15, 0.2) is 0 Å². The Labute approximate surface area is 135 Å². The molecule has 0 saturated heterocycles. The number of nitrogens with one attached hydrogen (secondary N) is 1. The summed E-state index contributed by atoms with van der Waals surface area (Å²) in [6, 6.07) is 16.4. The van der Waals surface area contributed by atoms with Crippen LogP contribution in [0.25, 0.3) is 6.08 Å². The fourth-order valence-electron chi connectivity index (χ4n) is 1.93. The molecule has 0 atom stereocenters. The van der Waals surface area contributed by atoms with Crippen molar-refractivity contribution in [3.63, 3.8) is 0 Å². The number of halogens is 1. The van der Waals surface area contributed by atoms with Crippen molar-refractivity contribution in [1.29, 1.82) is 0 Å². The molecule has 0 bridgehead atoms. The fourth-order valence-corrected chi connectivity index (χ4v) is 2.47. The number of benzene rings is 2. The van der Waals surface area contributed by atoms with E-state index in [0.717, 1.165) is 23.3 Å². The first-order valence-corrected chi connectivity index (χ1v) is 7.92. The minimum atomic E-state index is 0.556. The van der Waals surface area contributed by atoms with Gasteiger partial charge in [0.05, 0.1) is 4.47 Å². The van der Waals surface area contributed by atoms with Crippen molar-refractivity contribution in [3.8, 4) is 5.75 Å². The molecular formula is C18H20BrNO. The summed E-state index contributed by atoms with van der Waals surface area (Å²) in [4.78, 5) is 0. The molecule has 2 aromatic rings. The van der Waals surface area contributed by atoms with Gasteiger partial charge in [0.25, 0.3) is 0 Å². The zero-order chi connectivity index (χ0) is 14.9. The Morgan fingerprint density at radius 3 is 2.67 bits per heavy atom. The molecular weight excluding hydrogens is 326 g/mol. The third-order valence-corrected chi connectivity index (χ3v) is 3.64. The lowest BCUT2D eigenvalue weighted by Gasteiger charge is -2.08. The van der Waals surface area contributed by atoms with Crippen molar-refractivity contribution in [2.45, 2.75) is 13.5 Å². The Hall–Kier alpha value is -1.58. The molecule has 2 nitrogen and oxygen atoms in total. The number of ether oxygens (including phenoxy) is 1. The molecule has 3 heteroatoms. The average molecular weight is 346 g/mol. The Kier molecular flexibility index (Phi) is 6.51. The molecule has 2 rings (SSSR count). The molecule has 0 radical (unpaired) electrons. The summed E-state index contributed by atoms with van der Waals surface area (Å²) in [5, 5.41) is 3.31. The van der Waals surface area contributed by atoms with E-state index in [0.29, 0.717) is 6.61 Å². The number of hydrogen-bond acceptors (Lipinski definition) is 2. The van der Waals surface area contributed by atoms with Gasteiger partial charge in [0.1, 0.15) is 12.4 Å². The molecule has 0 heterocycles. The van der Waals surface area contributed by atoms with Gasteiger partial charge in [-0.15, -0.1) is 0 Å². The van der Waals surface area contributed by atoms with Crippen LogP contribution in [0, 0.1) is 0 Å². The molecule has 0 spiro atoms. The zero-order valence-corrected chi connectivity index (χ0v) is 13.8. The van der Waals surface area contributed by atoms with Gasteiger partial charge in [-0.2, -0.15) is 0 Å². The van der Waals surface area contributed by atoms with Crippen LogP contribution in [0.3, 0.4) is 0 Å². The summed E-state index contributed by atoms with van der Waals surface area (Å²) in [7, 11) is 0. The molecule has 0 saturated carbocycles. The van der Waals surface area contributed by atoms with Crippen LogP contribution in [0.15, 0.2) is 59.1 Å². The van der Waals surface area contributed by atoms with E-state index in [4.69, 9.17) is 4.74 Å². The topological polar surface area (TPSA) is 21.3 Å². The van der Waals surface area contributed by atoms with Gasteiger partial charge in [-0.3, -0.25) is 0 Å². The van der Waals surface area contributed by atoms with Crippen LogP contribution in [0.2, 0.25) is 0 Å². The maximum absolute atomic E-state index is 5.76. The molecule has 1 N–H and O–H groups in total. The van der Waals surface area contributed by atoms with Crippen molar-refractivity contribution in [1.82, 2.24) is 5.32 Å². The molecule has 0 aliphatic carbocycles. The highest BCUT2D eigenvalue weighted by Gasteiger charge is 2.01. The molecule has 0 aromatic heterocycles. The smallest absolute Gasteiger partial charge is 0.133 e. The summed E-state index contributed by atoms with van der Waals surface area (Å²) in [6.45, 7) is 4.51. The van der Waals surface area contributed by atoms with Gasteiger partial charge >= 0.3 is 0 Å². The number of hydrogen-bond donors (Lipinski definition) is 1. The normalized spacial score (nSPS) is 11.0. The van der Waals surface area contributed by atoms with Gasteiger partial charge in [0.2, 0.25) is 0 Å². The molecule has 0 aliphatic heterocycles. The van der Waals surface area contributed by atoms with E-state index in [1.165, 1.54) is 11.1 Å². The van der Waals surface area contributed by atoms with Crippen molar-refractivity contribution in [3.05, 3.63) is 70.2 Å². The third-order valence-electron chi connectivity index (χ3n) is 3.02. The first-order valence-electron chi connectivity index (χ1n) is 7.13. The van der Waals surface area contributed by atoms with E-state index < -0.39 is 0 Å². The van der Waals surface area contributed by atoms with Crippen molar-refractivity contribution in [2.24, 2.45) is 0 Å². The molecule has 0 unspecified atom stereocenters. The zero-order valence-electron chi connectivity index (χ0n) is 12.2. The quantitative estimate of drug-likeness (QED) is 0.788. The van der Waals surface area contributed by atoms with Gasteiger partial charge in [-0.25, -0.2) is 0 Å². The van der Waals surface area contributed by atoms with Crippen LogP contribution in [0.5, 0.6) is 5.75 Å². The molecule has 2 aromatic carbocycles. The van der Waals surface area contributed by atoms with Crippen LogP contribution in [0.4, 0.5) is 0 Å². The van der Waals surface area contributed by atoms with Crippen molar-refractivity contribution in [2.75, 3.05) is 13.2 Å². The maximum atomic E-state index is 5.76. The summed E-state index contributed by atoms with van der Waals surface area (Å²) in [5.41, 5.74) is 2.43. The van der Waals surface area contributed by atoms with E-state index in [9.17, 15) is 0 Å². The highest BCUT2D eigenvalue weighted by atomic mass is 79.9. The van der Waals surface area contributed by atoms with Crippen LogP contribution >= 0.6 is 15.9 Å². The van der Waals surface area contributed by atoms with E-state index in [1.54, 1.807) is 0 Å². The summed E-state index contributed by atoms with van der Waals surface area (Å²) in [6.07, 6.45) is 4.09. The Balaban J connectivity index is 1.87. The van der Waals surface area contributed by atoms with Crippen molar-refractivity contribution < 1.29 is 4.74 Å². The Morgan fingerprint density at radius 2 is 1.95 bits per heavy atom. The summed E-state index contributed by atoms with van der Waals surface area (Å²) in [5.74, 6) is 0.868. The highest BCUT2D eigenvalue weighted by Crippen LogP contribution is 2.26. The minimum Gasteiger partial charge on any atom is -0.488 e. The maximum Gasteiger partial charge on any atom is 0.133 e. The molecule has 0 amide bonds. The summed E-state index contributed by atoms with van der Waals surface area (Å²) >= 11 is 3.56. The first-order chi connectivity index (χ1) is 10.3. The van der Waals surface area contributed by atoms with E-state index in [2.05, 4.69) is 58.5 Å². The van der Waals surface area contributed by atoms with Crippen molar-refractivity contribution >= 4 is 22.0 Å². The second-order valence-electron chi connectivity index (χ2n) is 4.67. The van der Waals surface area contributed by atoms with Crippen LogP contribution < -0.4 is 10.1 Å². The van der Waals surface area contributed by atoms with E-state index in [1.807, 2.05) is 30.3 Å². The predicted molar refractivity (Wildman–Crippen MR) is 92.5 cm³/mol. The van der Waals surface area contributed by atoms with Gasteiger partial charge in [-0.1, -0.05) is 49.4 Å².